The molecule has 96 valence electrons. The van der Waals surface area contributed by atoms with Crippen LogP contribution in [0.25, 0.3) is 5.69 Å². The Morgan fingerprint density at radius 1 is 1.28 bits per heavy atom. The monoisotopic (exact) mass is 254 g/mol. The predicted molar refractivity (Wildman–Crippen MR) is 62.4 cm³/mol. The summed E-state index contributed by atoms with van der Waals surface area (Å²) in [5.74, 6) is 0.0680. The van der Waals surface area contributed by atoms with Crippen molar-refractivity contribution in [3.63, 3.8) is 0 Å². The molecule has 0 unspecified atom stereocenters. The van der Waals surface area contributed by atoms with Crippen molar-refractivity contribution in [3.8, 4) is 11.4 Å². The number of aryl methyl sites for hydroxylation is 1. The first-order valence-electron chi connectivity index (χ1n) is 5.31. The van der Waals surface area contributed by atoms with Gasteiger partial charge >= 0.3 is 6.11 Å². The molecular formula is C12H12F2N2O2. The second kappa shape index (κ2) is 4.29. The van der Waals surface area contributed by atoms with Crippen molar-refractivity contribution >= 4 is 0 Å². The highest BCUT2D eigenvalue weighted by atomic mass is 19.3. The van der Waals surface area contributed by atoms with Crippen LogP contribution in [0.3, 0.4) is 0 Å². The normalized spacial score (nSPS) is 11.6. The molecule has 0 aliphatic rings. The van der Waals surface area contributed by atoms with Crippen molar-refractivity contribution in [2.45, 2.75) is 20.0 Å². The number of alkyl halides is 2. The fourth-order valence-electron chi connectivity index (χ4n) is 1.62. The van der Waals surface area contributed by atoms with Crippen LogP contribution in [0.15, 0.2) is 35.1 Å². The van der Waals surface area contributed by atoms with Gasteiger partial charge in [-0.3, -0.25) is 14.6 Å². The standard InChI is InChI=1S/C12H12F2N2O2/c1-8-7-11(17)15-16(8)9-3-5-10(6-4-9)18-12(2,13)14/h3-7H,1-2H3,(H,15,17). The molecule has 1 aromatic heterocycles. The molecular weight excluding hydrogens is 242 g/mol. The summed E-state index contributed by atoms with van der Waals surface area (Å²) in [6, 6.07) is 7.47. The number of H-pyrrole nitrogens is 1. The number of hydrogen-bond donors (Lipinski definition) is 1. The SMILES string of the molecule is Cc1cc(=O)[nH]n1-c1ccc(OC(C)(F)F)cc1. The average molecular weight is 254 g/mol. The summed E-state index contributed by atoms with van der Waals surface area (Å²) in [5.41, 5.74) is 1.18. The summed E-state index contributed by atoms with van der Waals surface area (Å²) < 4.78 is 31.2. The number of nitrogens with zero attached hydrogens (tertiary/aromatic N) is 1. The first kappa shape index (κ1) is 12.3. The van der Waals surface area contributed by atoms with Crippen molar-refractivity contribution in [2.24, 2.45) is 0 Å². The molecule has 0 aliphatic carbocycles. The summed E-state index contributed by atoms with van der Waals surface area (Å²) in [5, 5.41) is 2.60. The molecule has 1 heterocycles. The highest BCUT2D eigenvalue weighted by molar-refractivity contribution is 5.37. The van der Waals surface area contributed by atoms with Crippen LogP contribution in [0.2, 0.25) is 0 Å². The van der Waals surface area contributed by atoms with Gasteiger partial charge in [-0.2, -0.15) is 8.78 Å². The molecule has 0 atom stereocenters. The number of hydrogen-bond acceptors (Lipinski definition) is 2. The molecule has 0 bridgehead atoms. The molecule has 0 saturated heterocycles. The molecule has 0 saturated carbocycles. The zero-order valence-electron chi connectivity index (χ0n) is 9.91. The number of nitrogens with one attached hydrogen (secondary N) is 1. The lowest BCUT2D eigenvalue weighted by Crippen LogP contribution is -2.19. The van der Waals surface area contributed by atoms with Crippen molar-refractivity contribution in [3.05, 3.63) is 46.4 Å². The van der Waals surface area contributed by atoms with E-state index < -0.39 is 6.11 Å². The molecule has 2 aromatic rings. The zero-order chi connectivity index (χ0) is 13.3. The van der Waals surface area contributed by atoms with Gasteiger partial charge in [0.05, 0.1) is 5.69 Å². The van der Waals surface area contributed by atoms with E-state index in [4.69, 9.17) is 0 Å². The molecule has 2 rings (SSSR count). The number of ether oxygens (including phenoxy) is 1. The smallest absolute Gasteiger partial charge is 0.394 e. The van der Waals surface area contributed by atoms with E-state index in [0.29, 0.717) is 12.6 Å². The predicted octanol–water partition coefficient (Wildman–Crippen LogP) is 2.47. The Morgan fingerprint density at radius 3 is 2.33 bits per heavy atom. The number of benzene rings is 1. The van der Waals surface area contributed by atoms with Crippen LogP contribution in [0.5, 0.6) is 5.75 Å². The van der Waals surface area contributed by atoms with Crippen LogP contribution in [0.4, 0.5) is 8.78 Å². The van der Waals surface area contributed by atoms with Gasteiger partial charge in [-0.15, -0.1) is 0 Å². The highest BCUT2D eigenvalue weighted by Gasteiger charge is 2.22. The van der Waals surface area contributed by atoms with Crippen LogP contribution >= 0.6 is 0 Å². The Bertz CT molecular complexity index is 594. The van der Waals surface area contributed by atoms with Crippen LogP contribution in [-0.2, 0) is 0 Å². The fourth-order valence-corrected chi connectivity index (χ4v) is 1.62. The third-order valence-corrected chi connectivity index (χ3v) is 2.31. The second-order valence-electron chi connectivity index (χ2n) is 4.00. The van der Waals surface area contributed by atoms with E-state index in [-0.39, 0.29) is 11.3 Å². The Morgan fingerprint density at radius 2 is 1.89 bits per heavy atom. The van der Waals surface area contributed by atoms with E-state index >= 15 is 0 Å². The van der Waals surface area contributed by atoms with Gasteiger partial charge in [-0.25, -0.2) is 0 Å². The van der Waals surface area contributed by atoms with Gasteiger partial charge in [0.15, 0.2) is 0 Å². The van der Waals surface area contributed by atoms with Crippen LogP contribution < -0.4 is 10.3 Å². The van der Waals surface area contributed by atoms with Gasteiger partial charge in [-0.05, 0) is 31.2 Å². The van der Waals surface area contributed by atoms with Crippen LogP contribution in [-0.4, -0.2) is 15.9 Å². The largest absolute Gasteiger partial charge is 0.433 e. The number of rotatable bonds is 3. The lowest BCUT2D eigenvalue weighted by Gasteiger charge is -2.13. The summed E-state index contributed by atoms with van der Waals surface area (Å²) >= 11 is 0. The van der Waals surface area contributed by atoms with Gasteiger partial charge < -0.3 is 4.74 Å². The minimum absolute atomic E-state index is 0.0680. The van der Waals surface area contributed by atoms with Crippen LogP contribution in [0.1, 0.15) is 12.6 Å². The summed E-state index contributed by atoms with van der Waals surface area (Å²) in [7, 11) is 0. The second-order valence-corrected chi connectivity index (χ2v) is 4.00. The van der Waals surface area contributed by atoms with Crippen molar-refractivity contribution < 1.29 is 13.5 Å². The maximum absolute atomic E-state index is 12.6. The molecule has 0 fully saturated rings. The Labute approximate surface area is 102 Å². The minimum Gasteiger partial charge on any atom is -0.433 e. The molecule has 0 spiro atoms. The van der Waals surface area contributed by atoms with Gasteiger partial charge in [0, 0.05) is 18.7 Å². The molecule has 18 heavy (non-hydrogen) atoms. The lowest BCUT2D eigenvalue weighted by atomic mass is 10.3. The van der Waals surface area contributed by atoms with Gasteiger partial charge in [0.2, 0.25) is 0 Å². The molecule has 1 aromatic carbocycles. The maximum Gasteiger partial charge on any atom is 0.394 e. The van der Waals surface area contributed by atoms with E-state index in [2.05, 4.69) is 9.84 Å². The first-order valence-corrected chi connectivity index (χ1v) is 5.31. The summed E-state index contributed by atoms with van der Waals surface area (Å²) in [4.78, 5) is 11.1. The Kier molecular flexibility index (Phi) is 2.94. The average Bonchev–Trinajstić information content (AvgIpc) is 2.57. The maximum atomic E-state index is 12.6. The van der Waals surface area contributed by atoms with Crippen LogP contribution in [0, 0.1) is 6.92 Å². The van der Waals surface area contributed by atoms with Crippen molar-refractivity contribution in [1.29, 1.82) is 0 Å². The fraction of sp³-hybridized carbons (Fsp3) is 0.250. The van der Waals surface area contributed by atoms with Gasteiger partial charge in [0.1, 0.15) is 5.75 Å². The molecule has 0 amide bonds. The Balaban J connectivity index is 2.28. The van der Waals surface area contributed by atoms with Gasteiger partial charge in [0.25, 0.3) is 5.56 Å². The highest BCUT2D eigenvalue weighted by Crippen LogP contribution is 2.22. The summed E-state index contributed by atoms with van der Waals surface area (Å²) in [6.45, 7) is 2.44. The minimum atomic E-state index is -3.21. The van der Waals surface area contributed by atoms with E-state index in [0.717, 1.165) is 5.69 Å². The quantitative estimate of drug-likeness (QED) is 0.914. The van der Waals surface area contributed by atoms with Crippen molar-refractivity contribution in [2.75, 3.05) is 0 Å². The van der Waals surface area contributed by atoms with E-state index in [1.807, 2.05) is 0 Å². The van der Waals surface area contributed by atoms with E-state index in [1.165, 1.54) is 18.2 Å². The van der Waals surface area contributed by atoms with Gasteiger partial charge in [-0.1, -0.05) is 0 Å². The van der Waals surface area contributed by atoms with E-state index in [1.54, 1.807) is 23.7 Å². The Hall–Kier alpha value is -2.11. The first-order chi connectivity index (χ1) is 8.35. The topological polar surface area (TPSA) is 47.0 Å². The number of aromatic amines is 1. The molecule has 6 heteroatoms. The lowest BCUT2D eigenvalue weighted by molar-refractivity contribution is -0.158. The molecule has 0 radical (unpaired) electrons. The number of aromatic nitrogens is 2. The van der Waals surface area contributed by atoms with Crippen molar-refractivity contribution in [1.82, 2.24) is 9.78 Å². The third kappa shape index (κ3) is 2.77. The summed E-state index contributed by atoms with van der Waals surface area (Å²) in [6.07, 6.45) is -3.21. The molecule has 0 aliphatic heterocycles. The molecule has 1 N–H and O–H groups in total. The van der Waals surface area contributed by atoms with E-state index in [9.17, 15) is 13.6 Å². The zero-order valence-corrected chi connectivity index (χ0v) is 9.91. The third-order valence-electron chi connectivity index (χ3n) is 2.31. The molecule has 4 nitrogen and oxygen atoms in total. The number of halogens is 2.